The van der Waals surface area contributed by atoms with Crippen molar-refractivity contribution in [3.63, 3.8) is 0 Å². The van der Waals surface area contributed by atoms with Crippen molar-refractivity contribution < 1.29 is 13.2 Å². The maximum atomic E-state index is 13.0. The van der Waals surface area contributed by atoms with E-state index >= 15 is 0 Å². The third-order valence-electron chi connectivity index (χ3n) is 2.60. The van der Waals surface area contributed by atoms with Crippen LogP contribution in [0, 0.1) is 6.92 Å². The minimum absolute atomic E-state index is 0.145. The molecular weight excluding hydrogens is 243 g/mol. The van der Waals surface area contributed by atoms with Crippen LogP contribution in [0.3, 0.4) is 0 Å². The van der Waals surface area contributed by atoms with E-state index in [0.717, 1.165) is 0 Å². The number of aromatic nitrogens is 3. The van der Waals surface area contributed by atoms with Gasteiger partial charge < -0.3 is 4.40 Å². The van der Waals surface area contributed by atoms with Gasteiger partial charge in [0.1, 0.15) is 0 Å². The second-order valence-corrected chi connectivity index (χ2v) is 5.34. The number of hydrogen-bond donors (Lipinski definition) is 0. The van der Waals surface area contributed by atoms with Gasteiger partial charge in [-0.25, -0.2) is 9.97 Å². The molecule has 0 saturated heterocycles. The lowest BCUT2D eigenvalue weighted by molar-refractivity contribution is -0.140. The van der Waals surface area contributed by atoms with Crippen molar-refractivity contribution in [2.75, 3.05) is 0 Å². The van der Waals surface area contributed by atoms with Gasteiger partial charge in [-0.3, -0.25) is 0 Å². The van der Waals surface area contributed by atoms with Gasteiger partial charge in [-0.15, -0.1) is 0 Å². The molecule has 0 aliphatic carbocycles. The molecule has 2 heterocycles. The molecule has 2 rings (SSSR count). The Morgan fingerprint density at radius 1 is 1.06 bits per heavy atom. The highest BCUT2D eigenvalue weighted by atomic mass is 19.4. The van der Waals surface area contributed by atoms with Crippen LogP contribution < -0.4 is 0 Å². The zero-order chi connectivity index (χ0) is 13.7. The van der Waals surface area contributed by atoms with E-state index in [0.29, 0.717) is 11.4 Å². The first-order valence-corrected chi connectivity index (χ1v) is 5.53. The molecular formula is C12H14F3N3. The van der Waals surface area contributed by atoms with Crippen LogP contribution in [0.2, 0.25) is 0 Å². The third-order valence-corrected chi connectivity index (χ3v) is 2.60. The average molecular weight is 257 g/mol. The zero-order valence-corrected chi connectivity index (χ0v) is 10.6. The van der Waals surface area contributed by atoms with Gasteiger partial charge >= 0.3 is 6.18 Å². The minimum Gasteiger partial charge on any atom is -0.303 e. The molecule has 6 heteroatoms. The van der Waals surface area contributed by atoms with Gasteiger partial charge in [0.25, 0.3) is 0 Å². The molecule has 98 valence electrons. The van der Waals surface area contributed by atoms with E-state index in [-0.39, 0.29) is 5.65 Å². The average Bonchev–Trinajstić information content (AvgIpc) is 2.52. The molecule has 0 aliphatic heterocycles. The standard InChI is InChI=1S/C12H14F3N3/c1-7-5-18-6-8(11(2,3)4)17-9(10(18)16-7)12(13,14)15/h5-6H,1-4H3. The molecule has 0 saturated carbocycles. The molecule has 0 unspecified atom stereocenters. The molecule has 0 bridgehead atoms. The molecule has 0 aromatic carbocycles. The predicted molar refractivity (Wildman–Crippen MR) is 61.4 cm³/mol. The van der Waals surface area contributed by atoms with Gasteiger partial charge in [0, 0.05) is 17.8 Å². The van der Waals surface area contributed by atoms with Crippen LogP contribution in [-0.2, 0) is 11.6 Å². The van der Waals surface area contributed by atoms with E-state index < -0.39 is 17.3 Å². The number of imidazole rings is 1. The van der Waals surface area contributed by atoms with Crippen molar-refractivity contribution in [3.8, 4) is 0 Å². The van der Waals surface area contributed by atoms with Crippen LogP contribution >= 0.6 is 0 Å². The number of rotatable bonds is 0. The lowest BCUT2D eigenvalue weighted by Crippen LogP contribution is -2.19. The summed E-state index contributed by atoms with van der Waals surface area (Å²) >= 11 is 0. The fourth-order valence-electron chi connectivity index (χ4n) is 1.67. The number of fused-ring (bicyclic) bond motifs is 1. The van der Waals surface area contributed by atoms with Gasteiger partial charge in [-0.1, -0.05) is 20.8 Å². The number of aryl methyl sites for hydroxylation is 1. The zero-order valence-electron chi connectivity index (χ0n) is 10.6. The number of hydrogen-bond acceptors (Lipinski definition) is 2. The molecule has 0 fully saturated rings. The normalized spacial score (nSPS) is 13.3. The first kappa shape index (κ1) is 12.9. The van der Waals surface area contributed by atoms with Crippen molar-refractivity contribution in [1.82, 2.24) is 14.4 Å². The fourth-order valence-corrected chi connectivity index (χ4v) is 1.67. The van der Waals surface area contributed by atoms with Gasteiger partial charge in [0.2, 0.25) is 0 Å². The first-order chi connectivity index (χ1) is 8.09. The summed E-state index contributed by atoms with van der Waals surface area (Å²) < 4.78 is 40.3. The van der Waals surface area contributed by atoms with Gasteiger partial charge in [0.15, 0.2) is 11.3 Å². The Kier molecular flexibility index (Phi) is 2.64. The fraction of sp³-hybridized carbons (Fsp3) is 0.500. The van der Waals surface area contributed by atoms with E-state index in [9.17, 15) is 13.2 Å². The Balaban J connectivity index is 2.81. The molecule has 2 aromatic heterocycles. The van der Waals surface area contributed by atoms with Crippen LogP contribution in [0.25, 0.3) is 5.65 Å². The Bertz CT molecular complexity index is 591. The van der Waals surface area contributed by atoms with Crippen molar-refractivity contribution in [1.29, 1.82) is 0 Å². The number of nitrogens with zero attached hydrogens (tertiary/aromatic N) is 3. The highest BCUT2D eigenvalue weighted by Gasteiger charge is 2.37. The topological polar surface area (TPSA) is 30.2 Å². The summed E-state index contributed by atoms with van der Waals surface area (Å²) in [5, 5.41) is 0. The number of halogens is 3. The molecule has 0 N–H and O–H groups in total. The summed E-state index contributed by atoms with van der Waals surface area (Å²) in [5.41, 5.74) is -0.601. The molecule has 2 aromatic rings. The van der Waals surface area contributed by atoms with Crippen molar-refractivity contribution in [3.05, 3.63) is 29.5 Å². The van der Waals surface area contributed by atoms with Crippen LogP contribution in [0.15, 0.2) is 12.4 Å². The van der Waals surface area contributed by atoms with Crippen LogP contribution in [-0.4, -0.2) is 14.4 Å². The summed E-state index contributed by atoms with van der Waals surface area (Å²) in [5.74, 6) is 0. The smallest absolute Gasteiger partial charge is 0.303 e. The lowest BCUT2D eigenvalue weighted by Gasteiger charge is -2.19. The lowest BCUT2D eigenvalue weighted by atomic mass is 9.92. The quantitative estimate of drug-likeness (QED) is 0.724. The monoisotopic (exact) mass is 257 g/mol. The minimum atomic E-state index is -4.50. The molecule has 3 nitrogen and oxygen atoms in total. The van der Waals surface area contributed by atoms with Crippen LogP contribution in [0.4, 0.5) is 13.2 Å². The second kappa shape index (κ2) is 3.70. The van der Waals surface area contributed by atoms with Crippen molar-refractivity contribution in [2.45, 2.75) is 39.3 Å². The summed E-state index contributed by atoms with van der Waals surface area (Å²) in [6, 6.07) is 0. The summed E-state index contributed by atoms with van der Waals surface area (Å²) in [6.07, 6.45) is -1.33. The van der Waals surface area contributed by atoms with E-state index in [1.807, 2.05) is 20.8 Å². The maximum absolute atomic E-state index is 13.0. The summed E-state index contributed by atoms with van der Waals surface area (Å²) in [7, 11) is 0. The predicted octanol–water partition coefficient (Wildman–Crippen LogP) is 3.35. The SMILES string of the molecule is Cc1cn2cc(C(C)(C)C)nc(C(F)(F)F)c2n1. The largest absolute Gasteiger partial charge is 0.437 e. The Morgan fingerprint density at radius 2 is 1.67 bits per heavy atom. The summed E-state index contributed by atoms with van der Waals surface area (Å²) in [4.78, 5) is 7.63. The van der Waals surface area contributed by atoms with E-state index in [2.05, 4.69) is 9.97 Å². The van der Waals surface area contributed by atoms with Crippen LogP contribution in [0.5, 0.6) is 0 Å². The number of alkyl halides is 3. The van der Waals surface area contributed by atoms with Gasteiger partial charge in [-0.2, -0.15) is 13.2 Å². The van der Waals surface area contributed by atoms with E-state index in [1.165, 1.54) is 4.40 Å². The van der Waals surface area contributed by atoms with Crippen molar-refractivity contribution in [2.24, 2.45) is 0 Å². The Labute approximate surface area is 103 Å². The van der Waals surface area contributed by atoms with E-state index in [1.54, 1.807) is 19.3 Å². The molecule has 0 amide bonds. The maximum Gasteiger partial charge on any atom is 0.437 e. The third kappa shape index (κ3) is 2.19. The van der Waals surface area contributed by atoms with Crippen molar-refractivity contribution >= 4 is 5.65 Å². The molecule has 18 heavy (non-hydrogen) atoms. The highest BCUT2D eigenvalue weighted by molar-refractivity contribution is 5.47. The second-order valence-electron chi connectivity index (χ2n) is 5.34. The molecule has 0 aliphatic rings. The summed E-state index contributed by atoms with van der Waals surface area (Å²) in [6.45, 7) is 7.13. The molecule has 0 spiro atoms. The first-order valence-electron chi connectivity index (χ1n) is 5.53. The van der Waals surface area contributed by atoms with Gasteiger partial charge in [-0.05, 0) is 6.92 Å². The van der Waals surface area contributed by atoms with E-state index in [4.69, 9.17) is 0 Å². The molecule has 0 radical (unpaired) electrons. The molecule has 0 atom stereocenters. The van der Waals surface area contributed by atoms with Gasteiger partial charge in [0.05, 0.1) is 11.4 Å². The van der Waals surface area contributed by atoms with Crippen LogP contribution in [0.1, 0.15) is 37.9 Å². The Morgan fingerprint density at radius 3 is 2.17 bits per heavy atom. The highest BCUT2D eigenvalue weighted by Crippen LogP contribution is 2.32. The Hall–Kier alpha value is -1.59.